The lowest BCUT2D eigenvalue weighted by Crippen LogP contribution is -2.62. The Bertz CT molecular complexity index is 977. The van der Waals surface area contributed by atoms with Crippen LogP contribution in [0.4, 0.5) is 0 Å². The minimum absolute atomic E-state index is 0.00945. The molecule has 0 unspecified atom stereocenters. The van der Waals surface area contributed by atoms with Gasteiger partial charge in [0, 0.05) is 7.11 Å². The Hall–Kier alpha value is -1.95. The van der Waals surface area contributed by atoms with Crippen molar-refractivity contribution in [2.75, 3.05) is 20.3 Å². The van der Waals surface area contributed by atoms with Crippen molar-refractivity contribution < 1.29 is 58.0 Å². The van der Waals surface area contributed by atoms with E-state index in [-0.39, 0.29) is 18.8 Å². The molecule has 0 amide bonds. The molecule has 1 aromatic carbocycles. The highest BCUT2D eigenvalue weighted by molar-refractivity contribution is 7.81. The number of esters is 1. The highest BCUT2D eigenvalue weighted by Crippen LogP contribution is 2.31. The molecule has 2 rings (SSSR count). The van der Waals surface area contributed by atoms with Crippen LogP contribution in [0.25, 0.3) is 0 Å². The lowest BCUT2D eigenvalue weighted by atomic mass is 9.98. The van der Waals surface area contributed by atoms with Crippen LogP contribution in [0.3, 0.4) is 0 Å². The molecule has 1 fully saturated rings. The Kier molecular flexibility index (Phi) is 9.26. The summed E-state index contributed by atoms with van der Waals surface area (Å²) in [6, 6.07) is 7.40. The minimum atomic E-state index is -5.17. The van der Waals surface area contributed by atoms with E-state index in [1.54, 1.807) is 6.07 Å². The summed E-state index contributed by atoms with van der Waals surface area (Å²) >= 11 is 0. The summed E-state index contributed by atoms with van der Waals surface area (Å²) in [4.78, 5) is 12.6. The molecule has 0 aromatic heterocycles. The van der Waals surface area contributed by atoms with Crippen molar-refractivity contribution in [2.24, 2.45) is 0 Å². The van der Waals surface area contributed by atoms with Gasteiger partial charge in [0.25, 0.3) is 0 Å². The van der Waals surface area contributed by atoms with Gasteiger partial charge in [-0.25, -0.2) is 13.2 Å². The van der Waals surface area contributed by atoms with E-state index in [9.17, 15) is 26.2 Å². The van der Waals surface area contributed by atoms with E-state index in [0.29, 0.717) is 0 Å². The summed E-state index contributed by atoms with van der Waals surface area (Å²) in [5.41, 5.74) is 0.0172. The van der Waals surface area contributed by atoms with Crippen LogP contribution in [-0.4, -0.2) is 82.9 Å². The van der Waals surface area contributed by atoms with Crippen molar-refractivity contribution in [1.82, 2.24) is 0 Å². The third-order valence-corrected chi connectivity index (χ3v) is 4.99. The fraction of sp³-hybridized carbons (Fsp3) is 0.471. The summed E-state index contributed by atoms with van der Waals surface area (Å²) < 4.78 is 94.2. The second kappa shape index (κ2) is 11.3. The topological polar surface area (TPSA) is 181 Å². The lowest BCUT2D eigenvalue weighted by molar-refractivity contribution is -0.285. The van der Waals surface area contributed by atoms with Gasteiger partial charge in [-0.1, -0.05) is 24.3 Å². The highest BCUT2D eigenvalue weighted by atomic mass is 32.3. The maximum atomic E-state index is 12.6. The van der Waals surface area contributed by atoms with Crippen LogP contribution < -0.4 is 0 Å². The molecule has 15 heteroatoms. The largest absolute Gasteiger partial charge is 0.453 e. The molecule has 5 atom stereocenters. The van der Waals surface area contributed by atoms with E-state index in [1.807, 2.05) is 0 Å². The third kappa shape index (κ3) is 7.88. The van der Waals surface area contributed by atoms with Gasteiger partial charge in [0.1, 0.15) is 12.2 Å². The second-order valence-electron chi connectivity index (χ2n) is 6.32. The zero-order valence-electron chi connectivity index (χ0n) is 16.7. The first-order valence-electron chi connectivity index (χ1n) is 8.89. The van der Waals surface area contributed by atoms with E-state index in [2.05, 4.69) is 14.9 Å². The Balaban J connectivity index is 2.48. The van der Waals surface area contributed by atoms with Crippen molar-refractivity contribution in [3.63, 3.8) is 0 Å². The first-order valence-corrected chi connectivity index (χ1v) is 11.6. The summed E-state index contributed by atoms with van der Waals surface area (Å²) in [5, 5.41) is 0. The molecule has 0 saturated carbocycles. The van der Waals surface area contributed by atoms with Crippen LogP contribution in [-0.2, 0) is 48.1 Å². The Labute approximate surface area is 184 Å². The fourth-order valence-electron chi connectivity index (χ4n) is 2.87. The smallest absolute Gasteiger partial charge is 0.397 e. The van der Waals surface area contributed by atoms with E-state index < -0.39 is 57.5 Å². The van der Waals surface area contributed by atoms with Crippen LogP contribution in [0, 0.1) is 0 Å². The van der Waals surface area contributed by atoms with Gasteiger partial charge in [0.2, 0.25) is 0 Å². The lowest BCUT2D eigenvalue weighted by Gasteiger charge is -2.43. The van der Waals surface area contributed by atoms with Gasteiger partial charge < -0.3 is 18.9 Å². The van der Waals surface area contributed by atoms with E-state index in [4.69, 9.17) is 23.5 Å². The molecule has 1 aliphatic rings. The molecule has 0 bridgehead atoms. The molecule has 2 N–H and O–H groups in total. The Morgan fingerprint density at radius 2 is 1.66 bits per heavy atom. The van der Waals surface area contributed by atoms with Gasteiger partial charge >= 0.3 is 26.8 Å². The number of ether oxygens (including phenoxy) is 4. The molecule has 180 valence electrons. The van der Waals surface area contributed by atoms with Gasteiger partial charge in [0.05, 0.1) is 18.8 Å². The predicted octanol–water partition coefficient (Wildman–Crippen LogP) is 0.162. The summed E-state index contributed by atoms with van der Waals surface area (Å²) in [6.45, 7) is 3.09. The molecule has 1 aromatic rings. The number of rotatable bonds is 11. The molecular formula is C17H22O13S2. The highest BCUT2D eigenvalue weighted by Gasteiger charge is 2.53. The van der Waals surface area contributed by atoms with Crippen LogP contribution in [0.1, 0.15) is 10.4 Å². The monoisotopic (exact) mass is 498 g/mol. The molecule has 0 aliphatic carbocycles. The van der Waals surface area contributed by atoms with Crippen LogP contribution in [0.15, 0.2) is 43.0 Å². The number of hydrogen-bond donors (Lipinski definition) is 2. The van der Waals surface area contributed by atoms with Gasteiger partial charge in [-0.2, -0.15) is 16.8 Å². The minimum Gasteiger partial charge on any atom is -0.453 e. The molecule has 13 nitrogen and oxygen atoms in total. The Morgan fingerprint density at radius 1 is 1.06 bits per heavy atom. The van der Waals surface area contributed by atoms with Gasteiger partial charge in [-0.05, 0) is 12.1 Å². The SMILES string of the molecule is C=CCOC[C@H]1O[C@H](OC)[C@@H](OS(=O)(=O)O)[C@@H](OC(=O)c2ccccc2)[C@@H]1OS(=O)(=O)O. The molecule has 32 heavy (non-hydrogen) atoms. The molecule has 1 aliphatic heterocycles. The number of carbonyl (C=O) groups is 1. The molecule has 0 radical (unpaired) electrons. The zero-order chi connectivity index (χ0) is 23.9. The molecule has 0 spiro atoms. The van der Waals surface area contributed by atoms with Crippen molar-refractivity contribution in [2.45, 2.75) is 30.7 Å². The average Bonchev–Trinajstić information content (AvgIpc) is 2.70. The standard InChI is InChI=1S/C17H22O13S2/c1-3-9-26-10-12-13(29-31(19,20)21)14(28-16(18)11-7-5-4-6-8-11)15(17(25-2)27-12)30-32(22,23)24/h3-8,12-15,17H,1,9-10H2,2H3,(H,19,20,21)(H,22,23,24)/t12-,13-,14+,15+,17+/m1/s1. The molecule has 1 heterocycles. The van der Waals surface area contributed by atoms with Crippen LogP contribution >= 0.6 is 0 Å². The summed E-state index contributed by atoms with van der Waals surface area (Å²) in [5.74, 6) is -1.02. The van der Waals surface area contributed by atoms with Crippen molar-refractivity contribution in [3.8, 4) is 0 Å². The van der Waals surface area contributed by atoms with E-state index in [1.165, 1.54) is 30.3 Å². The quantitative estimate of drug-likeness (QED) is 0.182. The number of benzene rings is 1. The third-order valence-electron chi connectivity index (χ3n) is 4.06. The maximum Gasteiger partial charge on any atom is 0.397 e. The van der Waals surface area contributed by atoms with E-state index >= 15 is 0 Å². The van der Waals surface area contributed by atoms with Gasteiger partial charge in [-0.3, -0.25) is 9.11 Å². The molecular weight excluding hydrogens is 476 g/mol. The van der Waals surface area contributed by atoms with Crippen LogP contribution in [0.5, 0.6) is 0 Å². The second-order valence-corrected chi connectivity index (χ2v) is 8.41. The maximum absolute atomic E-state index is 12.6. The first kappa shape index (κ1) is 26.3. The van der Waals surface area contributed by atoms with Crippen molar-refractivity contribution in [1.29, 1.82) is 0 Å². The van der Waals surface area contributed by atoms with E-state index in [0.717, 1.165) is 7.11 Å². The predicted molar refractivity (Wildman–Crippen MR) is 105 cm³/mol. The number of methoxy groups -OCH3 is 1. The first-order chi connectivity index (χ1) is 14.9. The summed E-state index contributed by atoms with van der Waals surface area (Å²) in [7, 11) is -9.25. The number of carbonyl (C=O) groups excluding carboxylic acids is 1. The normalized spacial score (nSPS) is 26.4. The number of hydrogen-bond acceptors (Lipinski definition) is 11. The Morgan fingerprint density at radius 3 is 2.19 bits per heavy atom. The van der Waals surface area contributed by atoms with Crippen molar-refractivity contribution in [3.05, 3.63) is 48.6 Å². The van der Waals surface area contributed by atoms with Crippen molar-refractivity contribution >= 4 is 26.8 Å². The molecule has 1 saturated heterocycles. The fourth-order valence-corrected chi connectivity index (χ4v) is 3.86. The van der Waals surface area contributed by atoms with Gasteiger partial charge in [0.15, 0.2) is 18.5 Å². The van der Waals surface area contributed by atoms with Crippen LogP contribution in [0.2, 0.25) is 0 Å². The zero-order valence-corrected chi connectivity index (χ0v) is 18.3. The van der Waals surface area contributed by atoms with Gasteiger partial charge in [-0.15, -0.1) is 6.58 Å². The average molecular weight is 498 g/mol. The summed E-state index contributed by atoms with van der Waals surface area (Å²) in [6.07, 6.45) is -7.24.